The van der Waals surface area contributed by atoms with E-state index in [4.69, 9.17) is 4.74 Å². The molecule has 18 heavy (non-hydrogen) atoms. The molecule has 1 N–H and O–H groups in total. The number of aromatic nitrogens is 4. The van der Waals surface area contributed by atoms with Gasteiger partial charge >= 0.3 is 0 Å². The van der Waals surface area contributed by atoms with Crippen LogP contribution in [0.1, 0.15) is 29.4 Å². The lowest BCUT2D eigenvalue weighted by molar-refractivity contribution is 0.0657. The third-order valence-corrected chi connectivity index (χ3v) is 3.20. The number of hydrogen-bond donors (Lipinski definition) is 1. The summed E-state index contributed by atoms with van der Waals surface area (Å²) in [4.78, 5) is 13.5. The Hall–Kier alpha value is -1.95. The molecule has 2 aromatic heterocycles. The molecule has 1 aliphatic heterocycles. The lowest BCUT2D eigenvalue weighted by atomic mass is 10.1. The zero-order valence-electron chi connectivity index (χ0n) is 9.87. The quantitative estimate of drug-likeness (QED) is 0.832. The van der Waals surface area contributed by atoms with E-state index in [2.05, 4.69) is 15.3 Å². The maximum absolute atomic E-state index is 10.6. The Morgan fingerprint density at radius 2 is 2.28 bits per heavy atom. The van der Waals surface area contributed by atoms with Crippen molar-refractivity contribution in [3.05, 3.63) is 24.2 Å². The van der Waals surface area contributed by atoms with E-state index >= 15 is 0 Å². The van der Waals surface area contributed by atoms with E-state index in [0.717, 1.165) is 43.6 Å². The first-order chi connectivity index (χ1) is 8.86. The predicted octanol–water partition coefficient (Wildman–Crippen LogP) is 1.44. The molecule has 0 aliphatic carbocycles. The van der Waals surface area contributed by atoms with Gasteiger partial charge < -0.3 is 9.72 Å². The topological polar surface area (TPSA) is 72.8 Å². The lowest BCUT2D eigenvalue weighted by Gasteiger charge is -2.21. The summed E-state index contributed by atoms with van der Waals surface area (Å²) >= 11 is 0. The molecule has 1 fully saturated rings. The molecule has 3 heterocycles. The average Bonchev–Trinajstić information content (AvgIpc) is 3.08. The third-order valence-electron chi connectivity index (χ3n) is 3.20. The molecule has 0 saturated carbocycles. The summed E-state index contributed by atoms with van der Waals surface area (Å²) in [7, 11) is 0. The van der Waals surface area contributed by atoms with Crippen LogP contribution < -0.4 is 0 Å². The molecule has 0 bridgehead atoms. The number of carbonyl (C=O) groups is 1. The summed E-state index contributed by atoms with van der Waals surface area (Å²) < 4.78 is 7.22. The number of aromatic amines is 1. The minimum Gasteiger partial charge on any atom is -0.381 e. The summed E-state index contributed by atoms with van der Waals surface area (Å²) in [6.45, 7) is 1.55. The van der Waals surface area contributed by atoms with Crippen LogP contribution in [0.3, 0.4) is 0 Å². The minimum atomic E-state index is 0.365. The Balaban J connectivity index is 1.81. The van der Waals surface area contributed by atoms with Gasteiger partial charge in [0.15, 0.2) is 6.29 Å². The highest BCUT2D eigenvalue weighted by molar-refractivity contribution is 5.76. The first-order valence-corrected chi connectivity index (χ1v) is 6.00. The molecule has 0 unspecified atom stereocenters. The summed E-state index contributed by atoms with van der Waals surface area (Å²) in [5.41, 5.74) is 2.21. The van der Waals surface area contributed by atoms with Gasteiger partial charge in [0.25, 0.3) is 0 Å². The SMILES string of the molecule is O=Cc1cc(-c2cn(C3CCOCC3)nn2)c[nH]1. The molecular weight excluding hydrogens is 232 g/mol. The first-order valence-electron chi connectivity index (χ1n) is 6.00. The average molecular weight is 246 g/mol. The van der Waals surface area contributed by atoms with Gasteiger partial charge in [-0.3, -0.25) is 4.79 Å². The monoisotopic (exact) mass is 246 g/mol. The van der Waals surface area contributed by atoms with Crippen molar-refractivity contribution in [2.75, 3.05) is 13.2 Å². The van der Waals surface area contributed by atoms with Crippen LogP contribution in [0.2, 0.25) is 0 Å². The fraction of sp³-hybridized carbons (Fsp3) is 0.417. The van der Waals surface area contributed by atoms with Crippen molar-refractivity contribution in [1.82, 2.24) is 20.0 Å². The second-order valence-electron chi connectivity index (χ2n) is 4.39. The van der Waals surface area contributed by atoms with Crippen molar-refractivity contribution in [2.24, 2.45) is 0 Å². The molecule has 0 radical (unpaired) electrons. The maximum Gasteiger partial charge on any atom is 0.166 e. The zero-order valence-corrected chi connectivity index (χ0v) is 9.87. The van der Waals surface area contributed by atoms with Gasteiger partial charge in [-0.1, -0.05) is 5.21 Å². The van der Waals surface area contributed by atoms with Gasteiger partial charge in [0.05, 0.1) is 17.9 Å². The van der Waals surface area contributed by atoms with E-state index in [0.29, 0.717) is 11.7 Å². The van der Waals surface area contributed by atoms with Crippen LogP contribution in [-0.2, 0) is 4.74 Å². The fourth-order valence-electron chi connectivity index (χ4n) is 2.17. The van der Waals surface area contributed by atoms with E-state index in [-0.39, 0.29) is 0 Å². The van der Waals surface area contributed by atoms with Crippen molar-refractivity contribution in [3.8, 4) is 11.3 Å². The predicted molar refractivity (Wildman–Crippen MR) is 64.3 cm³/mol. The van der Waals surface area contributed by atoms with Gasteiger partial charge in [0, 0.05) is 25.0 Å². The van der Waals surface area contributed by atoms with Crippen LogP contribution in [0, 0.1) is 0 Å². The summed E-state index contributed by atoms with van der Waals surface area (Å²) in [5, 5.41) is 8.31. The molecular formula is C12H14N4O2. The Morgan fingerprint density at radius 3 is 3.00 bits per heavy atom. The number of aldehydes is 1. The number of rotatable bonds is 3. The van der Waals surface area contributed by atoms with Crippen molar-refractivity contribution in [3.63, 3.8) is 0 Å². The van der Waals surface area contributed by atoms with Crippen molar-refractivity contribution in [1.29, 1.82) is 0 Å². The van der Waals surface area contributed by atoms with Gasteiger partial charge in [-0.05, 0) is 18.9 Å². The van der Waals surface area contributed by atoms with Gasteiger partial charge in [-0.25, -0.2) is 4.68 Å². The Labute approximate surface area is 104 Å². The Morgan fingerprint density at radius 1 is 1.44 bits per heavy atom. The Bertz CT molecular complexity index is 540. The van der Waals surface area contributed by atoms with E-state index in [1.54, 1.807) is 12.3 Å². The zero-order chi connectivity index (χ0) is 12.4. The molecule has 6 nitrogen and oxygen atoms in total. The second-order valence-corrected chi connectivity index (χ2v) is 4.39. The minimum absolute atomic E-state index is 0.365. The van der Waals surface area contributed by atoms with Gasteiger partial charge in [-0.15, -0.1) is 5.10 Å². The summed E-state index contributed by atoms with van der Waals surface area (Å²) in [6, 6.07) is 2.13. The molecule has 0 amide bonds. The third kappa shape index (κ3) is 2.06. The van der Waals surface area contributed by atoms with Crippen LogP contribution in [0.5, 0.6) is 0 Å². The van der Waals surface area contributed by atoms with Crippen molar-refractivity contribution >= 4 is 6.29 Å². The van der Waals surface area contributed by atoms with E-state index in [1.165, 1.54) is 0 Å². The molecule has 0 atom stereocenters. The first kappa shape index (κ1) is 11.2. The molecule has 0 spiro atoms. The normalized spacial score (nSPS) is 16.9. The number of carbonyl (C=O) groups excluding carboxylic acids is 1. The highest BCUT2D eigenvalue weighted by Crippen LogP contribution is 2.23. The van der Waals surface area contributed by atoms with E-state index in [9.17, 15) is 4.79 Å². The number of ether oxygens (including phenoxy) is 1. The lowest BCUT2D eigenvalue weighted by Crippen LogP contribution is -2.19. The van der Waals surface area contributed by atoms with Crippen LogP contribution in [0.25, 0.3) is 11.3 Å². The van der Waals surface area contributed by atoms with E-state index < -0.39 is 0 Å². The van der Waals surface area contributed by atoms with Gasteiger partial charge in [0.2, 0.25) is 0 Å². The molecule has 94 valence electrons. The van der Waals surface area contributed by atoms with Crippen LogP contribution in [-0.4, -0.2) is 39.5 Å². The maximum atomic E-state index is 10.6. The number of H-pyrrole nitrogens is 1. The molecule has 6 heteroatoms. The van der Waals surface area contributed by atoms with Crippen molar-refractivity contribution in [2.45, 2.75) is 18.9 Å². The Kier molecular flexibility index (Phi) is 2.93. The second kappa shape index (κ2) is 4.73. The standard InChI is InChI=1S/C12H14N4O2/c17-8-10-5-9(6-13-10)12-7-16(15-14-12)11-1-3-18-4-2-11/h5-8,11,13H,1-4H2. The molecule has 1 aliphatic rings. The van der Waals surface area contributed by atoms with Crippen LogP contribution in [0.15, 0.2) is 18.5 Å². The van der Waals surface area contributed by atoms with Crippen LogP contribution in [0.4, 0.5) is 0 Å². The van der Waals surface area contributed by atoms with Gasteiger partial charge in [0.1, 0.15) is 5.69 Å². The summed E-state index contributed by atoms with van der Waals surface area (Å²) in [5.74, 6) is 0. The van der Waals surface area contributed by atoms with Crippen LogP contribution >= 0.6 is 0 Å². The summed E-state index contributed by atoms with van der Waals surface area (Å²) in [6.07, 6.45) is 6.41. The fourth-order valence-corrected chi connectivity index (χ4v) is 2.17. The molecule has 3 rings (SSSR count). The largest absolute Gasteiger partial charge is 0.381 e. The molecule has 1 saturated heterocycles. The van der Waals surface area contributed by atoms with Gasteiger partial charge in [-0.2, -0.15) is 0 Å². The van der Waals surface area contributed by atoms with E-state index in [1.807, 2.05) is 10.9 Å². The molecule has 2 aromatic rings. The van der Waals surface area contributed by atoms with Crippen molar-refractivity contribution < 1.29 is 9.53 Å². The number of nitrogens with one attached hydrogen (secondary N) is 1. The molecule has 0 aromatic carbocycles. The highest BCUT2D eigenvalue weighted by Gasteiger charge is 2.17. The smallest absolute Gasteiger partial charge is 0.166 e. The number of nitrogens with zero attached hydrogens (tertiary/aromatic N) is 3. The highest BCUT2D eigenvalue weighted by atomic mass is 16.5. The number of hydrogen-bond acceptors (Lipinski definition) is 4.